The van der Waals surface area contributed by atoms with E-state index in [1.165, 1.54) is 0 Å². The lowest BCUT2D eigenvalue weighted by Crippen LogP contribution is -2.17. The van der Waals surface area contributed by atoms with Crippen LogP contribution in [0.2, 0.25) is 0 Å². The molecular weight excluding hydrogens is 230 g/mol. The summed E-state index contributed by atoms with van der Waals surface area (Å²) in [6.07, 6.45) is 1.99. The third-order valence-electron chi connectivity index (χ3n) is 2.87. The number of rotatable bonds is 7. The van der Waals surface area contributed by atoms with Crippen LogP contribution in [0, 0.1) is 10.1 Å². The fraction of sp³-hybridized carbons (Fsp3) is 0.538. The maximum atomic E-state index is 10.9. The maximum absolute atomic E-state index is 10.9. The Labute approximate surface area is 108 Å². The van der Waals surface area contributed by atoms with Crippen molar-refractivity contribution in [1.29, 1.82) is 0 Å². The van der Waals surface area contributed by atoms with Crippen LogP contribution in [0.3, 0.4) is 0 Å². The first-order valence-electron chi connectivity index (χ1n) is 6.40. The van der Waals surface area contributed by atoms with Crippen molar-refractivity contribution in [3.8, 4) is 0 Å². The zero-order valence-corrected chi connectivity index (χ0v) is 11.2. The highest BCUT2D eigenvalue weighted by atomic mass is 16.6. The van der Waals surface area contributed by atoms with Crippen LogP contribution in [0.15, 0.2) is 18.2 Å². The Morgan fingerprint density at radius 2 is 1.78 bits per heavy atom. The minimum Gasteiger partial charge on any atom is -0.385 e. The summed E-state index contributed by atoms with van der Waals surface area (Å²) in [6.45, 7) is 6.91. The Morgan fingerprint density at radius 1 is 1.17 bits per heavy atom. The highest BCUT2D eigenvalue weighted by Gasteiger charge is 2.11. The van der Waals surface area contributed by atoms with E-state index in [9.17, 15) is 10.1 Å². The first-order chi connectivity index (χ1) is 8.60. The first-order valence-corrected chi connectivity index (χ1v) is 6.40. The van der Waals surface area contributed by atoms with Crippen molar-refractivity contribution in [2.24, 2.45) is 0 Å². The first kappa shape index (κ1) is 14.3. The van der Waals surface area contributed by atoms with E-state index in [4.69, 9.17) is 0 Å². The number of benzene rings is 1. The van der Waals surface area contributed by atoms with Crippen molar-refractivity contribution in [3.05, 3.63) is 28.3 Å². The van der Waals surface area contributed by atoms with Crippen LogP contribution in [0.4, 0.5) is 17.1 Å². The molecule has 5 nitrogen and oxygen atoms in total. The summed E-state index contributed by atoms with van der Waals surface area (Å²) in [6, 6.07) is 5.40. The number of nitro groups is 1. The Bertz CT molecular complexity index is 403. The fourth-order valence-electron chi connectivity index (χ4n) is 1.83. The topological polar surface area (TPSA) is 67.2 Å². The fourth-order valence-corrected chi connectivity index (χ4v) is 1.83. The molecule has 5 heteroatoms. The van der Waals surface area contributed by atoms with Gasteiger partial charge < -0.3 is 10.6 Å². The second-order valence-electron chi connectivity index (χ2n) is 4.21. The molecule has 2 N–H and O–H groups in total. The summed E-state index contributed by atoms with van der Waals surface area (Å²) >= 11 is 0. The lowest BCUT2D eigenvalue weighted by Gasteiger charge is -2.17. The van der Waals surface area contributed by atoms with E-state index < -0.39 is 0 Å². The zero-order chi connectivity index (χ0) is 13.5. The molecule has 0 saturated carbocycles. The molecule has 0 heterocycles. The quantitative estimate of drug-likeness (QED) is 0.573. The molecule has 0 bridgehead atoms. The van der Waals surface area contributed by atoms with E-state index in [0.717, 1.165) is 30.8 Å². The van der Waals surface area contributed by atoms with Crippen molar-refractivity contribution in [1.82, 2.24) is 0 Å². The second-order valence-corrected chi connectivity index (χ2v) is 4.21. The van der Waals surface area contributed by atoms with Gasteiger partial charge in [-0.05, 0) is 25.8 Å². The molecule has 18 heavy (non-hydrogen) atoms. The third kappa shape index (κ3) is 3.91. The van der Waals surface area contributed by atoms with Gasteiger partial charge in [0.2, 0.25) is 0 Å². The zero-order valence-electron chi connectivity index (χ0n) is 11.2. The number of anilines is 2. The predicted molar refractivity (Wildman–Crippen MR) is 75.3 cm³/mol. The Kier molecular flexibility index (Phi) is 5.42. The summed E-state index contributed by atoms with van der Waals surface area (Å²) in [4.78, 5) is 10.5. The highest BCUT2D eigenvalue weighted by Crippen LogP contribution is 2.25. The molecule has 1 aromatic rings. The summed E-state index contributed by atoms with van der Waals surface area (Å²) in [5, 5.41) is 17.3. The lowest BCUT2D eigenvalue weighted by atomic mass is 10.1. The Balaban J connectivity index is 2.98. The van der Waals surface area contributed by atoms with E-state index in [0.29, 0.717) is 6.04 Å². The molecule has 1 rings (SSSR count). The summed E-state index contributed by atoms with van der Waals surface area (Å²) in [7, 11) is 0. The van der Waals surface area contributed by atoms with Crippen LogP contribution in [-0.2, 0) is 0 Å². The SMILES string of the molecule is CCNc1cc(NC(CC)CC)cc([N+](=O)[O-])c1. The van der Waals surface area contributed by atoms with Gasteiger partial charge in [0.25, 0.3) is 5.69 Å². The summed E-state index contributed by atoms with van der Waals surface area (Å²) in [5.74, 6) is 0. The van der Waals surface area contributed by atoms with E-state index in [2.05, 4.69) is 24.5 Å². The van der Waals surface area contributed by atoms with E-state index in [1.807, 2.05) is 13.0 Å². The molecular formula is C13H21N3O2. The van der Waals surface area contributed by atoms with Gasteiger partial charge in [0.05, 0.1) is 4.92 Å². The normalized spacial score (nSPS) is 10.4. The van der Waals surface area contributed by atoms with Crippen molar-refractivity contribution < 1.29 is 4.92 Å². The number of hydrogen-bond acceptors (Lipinski definition) is 4. The Morgan fingerprint density at radius 3 is 2.28 bits per heavy atom. The predicted octanol–water partition coefficient (Wildman–Crippen LogP) is 3.63. The van der Waals surface area contributed by atoms with E-state index in [1.54, 1.807) is 12.1 Å². The molecule has 0 aliphatic rings. The molecule has 0 spiro atoms. The highest BCUT2D eigenvalue weighted by molar-refractivity contribution is 5.63. The van der Waals surface area contributed by atoms with Gasteiger partial charge in [0.15, 0.2) is 0 Å². The monoisotopic (exact) mass is 251 g/mol. The Hall–Kier alpha value is -1.78. The van der Waals surface area contributed by atoms with Gasteiger partial charge in [-0.3, -0.25) is 10.1 Å². The van der Waals surface area contributed by atoms with Gasteiger partial charge in [0.1, 0.15) is 0 Å². The molecule has 0 saturated heterocycles. The number of nitrogens with one attached hydrogen (secondary N) is 2. The van der Waals surface area contributed by atoms with Crippen molar-refractivity contribution in [2.75, 3.05) is 17.2 Å². The maximum Gasteiger partial charge on any atom is 0.273 e. The van der Waals surface area contributed by atoms with E-state index >= 15 is 0 Å². The minimum atomic E-state index is -0.362. The van der Waals surface area contributed by atoms with Crippen LogP contribution in [-0.4, -0.2) is 17.5 Å². The van der Waals surface area contributed by atoms with Crippen molar-refractivity contribution in [3.63, 3.8) is 0 Å². The van der Waals surface area contributed by atoms with Crippen LogP contribution in [0.25, 0.3) is 0 Å². The number of nitrogens with zero attached hydrogens (tertiary/aromatic N) is 1. The standard InChI is InChI=1S/C13H21N3O2/c1-4-10(5-2)15-12-7-11(14-6-3)8-13(9-12)16(17)18/h7-10,14-15H,4-6H2,1-3H3. The average Bonchev–Trinajstić information content (AvgIpc) is 2.36. The van der Waals surface area contributed by atoms with Crippen LogP contribution in [0.5, 0.6) is 0 Å². The third-order valence-corrected chi connectivity index (χ3v) is 2.87. The van der Waals surface area contributed by atoms with Gasteiger partial charge in [-0.15, -0.1) is 0 Å². The molecule has 0 radical (unpaired) electrons. The van der Waals surface area contributed by atoms with Gasteiger partial charge >= 0.3 is 0 Å². The van der Waals surface area contributed by atoms with Crippen molar-refractivity contribution in [2.45, 2.75) is 39.7 Å². The lowest BCUT2D eigenvalue weighted by molar-refractivity contribution is -0.384. The average molecular weight is 251 g/mol. The largest absolute Gasteiger partial charge is 0.385 e. The van der Waals surface area contributed by atoms with E-state index in [-0.39, 0.29) is 10.6 Å². The molecule has 0 fully saturated rings. The van der Waals surface area contributed by atoms with Gasteiger partial charge in [-0.25, -0.2) is 0 Å². The summed E-state index contributed by atoms with van der Waals surface area (Å²) in [5.41, 5.74) is 1.69. The number of nitro benzene ring substituents is 1. The molecule has 0 unspecified atom stereocenters. The van der Waals surface area contributed by atoms with Gasteiger partial charge in [-0.1, -0.05) is 13.8 Å². The molecule has 1 aromatic carbocycles. The number of hydrogen-bond donors (Lipinski definition) is 2. The van der Waals surface area contributed by atoms with Crippen LogP contribution in [0.1, 0.15) is 33.6 Å². The smallest absolute Gasteiger partial charge is 0.273 e. The van der Waals surface area contributed by atoms with Crippen LogP contribution >= 0.6 is 0 Å². The van der Waals surface area contributed by atoms with Crippen molar-refractivity contribution >= 4 is 17.1 Å². The molecule has 0 aromatic heterocycles. The molecule has 0 aliphatic carbocycles. The molecule has 0 atom stereocenters. The minimum absolute atomic E-state index is 0.113. The molecule has 100 valence electrons. The molecule has 0 aliphatic heterocycles. The second kappa shape index (κ2) is 6.83. The molecule has 0 amide bonds. The van der Waals surface area contributed by atoms with Crippen LogP contribution < -0.4 is 10.6 Å². The van der Waals surface area contributed by atoms with Gasteiger partial charge in [0, 0.05) is 36.1 Å². The summed E-state index contributed by atoms with van der Waals surface area (Å²) < 4.78 is 0. The van der Waals surface area contributed by atoms with Gasteiger partial charge in [-0.2, -0.15) is 0 Å². The number of non-ortho nitro benzene ring substituents is 1.